The molecule has 0 aliphatic carbocycles. The van der Waals surface area contributed by atoms with Crippen molar-refractivity contribution in [3.8, 4) is 34.4 Å². The summed E-state index contributed by atoms with van der Waals surface area (Å²) in [6.07, 6.45) is 5.15. The number of nitriles is 1. The Hall–Kier alpha value is -5.73. The number of nitrogens with two attached hydrogens (primary N) is 1. The summed E-state index contributed by atoms with van der Waals surface area (Å²) < 4.78 is 16.7. The van der Waals surface area contributed by atoms with Gasteiger partial charge in [-0.05, 0) is 73.0 Å². The molecular formula is C34H29FN10. The lowest BCUT2D eigenvalue weighted by molar-refractivity contribution is 0.211. The smallest absolute Gasteiger partial charge is 0.224 e. The quantitative estimate of drug-likeness (QED) is 0.241. The van der Waals surface area contributed by atoms with Crippen LogP contribution >= 0.6 is 0 Å². The van der Waals surface area contributed by atoms with Gasteiger partial charge in [0.25, 0.3) is 0 Å². The number of pyridine rings is 2. The molecule has 1 fully saturated rings. The van der Waals surface area contributed by atoms with Crippen molar-refractivity contribution in [2.24, 2.45) is 0 Å². The van der Waals surface area contributed by atoms with E-state index in [1.807, 2.05) is 22.8 Å². The van der Waals surface area contributed by atoms with Crippen molar-refractivity contribution < 1.29 is 4.39 Å². The third-order valence-corrected chi connectivity index (χ3v) is 8.03. The second kappa shape index (κ2) is 12.1. The zero-order valence-corrected chi connectivity index (χ0v) is 24.3. The minimum Gasteiger partial charge on any atom is -0.383 e. The van der Waals surface area contributed by atoms with Gasteiger partial charge in [-0.15, -0.1) is 0 Å². The van der Waals surface area contributed by atoms with E-state index in [2.05, 4.69) is 55.5 Å². The molecule has 0 spiro atoms. The van der Waals surface area contributed by atoms with E-state index in [-0.39, 0.29) is 11.9 Å². The van der Waals surface area contributed by atoms with Crippen molar-refractivity contribution in [1.29, 1.82) is 5.26 Å². The number of piperidine rings is 1. The Bertz CT molecular complexity index is 2020. The van der Waals surface area contributed by atoms with Crippen molar-refractivity contribution in [3.05, 3.63) is 108 Å². The second-order valence-corrected chi connectivity index (χ2v) is 11.0. The number of nitrogens with one attached hydrogen (secondary N) is 1. The van der Waals surface area contributed by atoms with E-state index < -0.39 is 0 Å². The van der Waals surface area contributed by atoms with Crippen LogP contribution in [0.15, 0.2) is 91.3 Å². The van der Waals surface area contributed by atoms with Crippen molar-refractivity contribution in [1.82, 2.24) is 34.4 Å². The maximum absolute atomic E-state index is 14.7. The normalized spacial score (nSPS) is 14.0. The first kappa shape index (κ1) is 28.1. The lowest BCUT2D eigenvalue weighted by atomic mass is 10.0. The fourth-order valence-corrected chi connectivity index (χ4v) is 5.73. The van der Waals surface area contributed by atoms with Crippen LogP contribution in [-0.2, 0) is 6.54 Å². The summed E-state index contributed by atoms with van der Waals surface area (Å²) in [7, 11) is 0. The third-order valence-electron chi connectivity index (χ3n) is 8.03. The first-order chi connectivity index (χ1) is 22.1. The Morgan fingerprint density at radius 2 is 1.67 bits per heavy atom. The van der Waals surface area contributed by atoms with Crippen LogP contribution in [0, 0.1) is 17.1 Å². The standard InChI is InChI=1S/C34H29FN10/c35-28-6-2-1-4-26(28)29-11-12-30-33(42-29)45(32(43-30)27-5-3-16-38-31(27)37)25-9-7-22(8-10-25)21-44-18-14-23(15-19-44)40-34-39-17-13-24(20-36)41-34/h1-13,16-17,23H,14-15,18-19,21H2,(H2,37,38)(H,39,40,41). The predicted octanol–water partition coefficient (Wildman–Crippen LogP) is 5.61. The Labute approximate surface area is 259 Å². The van der Waals surface area contributed by atoms with Gasteiger partial charge in [-0.3, -0.25) is 9.47 Å². The minimum atomic E-state index is -0.335. The van der Waals surface area contributed by atoms with Crippen LogP contribution in [0.4, 0.5) is 16.2 Å². The van der Waals surface area contributed by atoms with E-state index in [0.29, 0.717) is 51.3 Å². The van der Waals surface area contributed by atoms with E-state index in [1.54, 1.807) is 42.7 Å². The number of rotatable bonds is 7. The molecule has 2 aromatic carbocycles. The molecule has 11 heteroatoms. The van der Waals surface area contributed by atoms with Gasteiger partial charge in [0, 0.05) is 49.3 Å². The summed E-state index contributed by atoms with van der Waals surface area (Å²) in [4.78, 5) is 25.0. The number of benzene rings is 2. The van der Waals surface area contributed by atoms with Gasteiger partial charge < -0.3 is 11.1 Å². The van der Waals surface area contributed by atoms with E-state index in [9.17, 15) is 4.39 Å². The van der Waals surface area contributed by atoms with Crippen molar-refractivity contribution >= 4 is 22.9 Å². The van der Waals surface area contributed by atoms with Crippen molar-refractivity contribution in [2.45, 2.75) is 25.4 Å². The highest BCUT2D eigenvalue weighted by Gasteiger charge is 2.22. The summed E-state index contributed by atoms with van der Waals surface area (Å²) >= 11 is 0. The monoisotopic (exact) mass is 596 g/mol. The molecule has 45 heavy (non-hydrogen) atoms. The van der Waals surface area contributed by atoms with Gasteiger partial charge in [-0.1, -0.05) is 24.3 Å². The molecule has 5 heterocycles. The molecule has 222 valence electrons. The summed E-state index contributed by atoms with van der Waals surface area (Å²) in [5, 5.41) is 12.5. The molecule has 10 nitrogen and oxygen atoms in total. The molecule has 0 radical (unpaired) electrons. The zero-order chi connectivity index (χ0) is 30.8. The molecule has 0 atom stereocenters. The van der Waals surface area contributed by atoms with Gasteiger partial charge >= 0.3 is 0 Å². The fourth-order valence-electron chi connectivity index (χ4n) is 5.73. The van der Waals surface area contributed by atoms with E-state index in [4.69, 9.17) is 21.0 Å². The number of fused-ring (bicyclic) bond motifs is 1. The van der Waals surface area contributed by atoms with E-state index in [0.717, 1.165) is 38.2 Å². The Morgan fingerprint density at radius 3 is 2.44 bits per heavy atom. The Kier molecular flexibility index (Phi) is 7.55. The third kappa shape index (κ3) is 5.79. The molecule has 1 aliphatic heterocycles. The topological polar surface area (TPSA) is 134 Å². The van der Waals surface area contributed by atoms with Gasteiger partial charge in [0.15, 0.2) is 11.5 Å². The van der Waals surface area contributed by atoms with E-state index in [1.165, 1.54) is 11.6 Å². The summed E-state index contributed by atoms with van der Waals surface area (Å²) in [6, 6.07) is 26.2. The Morgan fingerprint density at radius 1 is 0.867 bits per heavy atom. The minimum absolute atomic E-state index is 0.257. The van der Waals surface area contributed by atoms with Crippen LogP contribution in [0.1, 0.15) is 24.1 Å². The van der Waals surface area contributed by atoms with Crippen molar-refractivity contribution in [2.75, 3.05) is 24.1 Å². The van der Waals surface area contributed by atoms with Crippen LogP contribution in [0.25, 0.3) is 39.5 Å². The number of halogens is 1. The number of likely N-dealkylation sites (tertiary alicyclic amines) is 1. The lowest BCUT2D eigenvalue weighted by Gasteiger charge is -2.32. The molecule has 3 N–H and O–H groups in total. The first-order valence-corrected chi connectivity index (χ1v) is 14.7. The lowest BCUT2D eigenvalue weighted by Crippen LogP contribution is -2.39. The van der Waals surface area contributed by atoms with Gasteiger partial charge in [0.1, 0.15) is 28.9 Å². The maximum Gasteiger partial charge on any atom is 0.224 e. The van der Waals surface area contributed by atoms with E-state index >= 15 is 0 Å². The van der Waals surface area contributed by atoms with Gasteiger partial charge in [-0.2, -0.15) is 5.26 Å². The largest absolute Gasteiger partial charge is 0.383 e. The van der Waals surface area contributed by atoms with Crippen LogP contribution in [0.5, 0.6) is 0 Å². The molecule has 1 saturated heterocycles. The highest BCUT2D eigenvalue weighted by Crippen LogP contribution is 2.32. The molecule has 0 amide bonds. The SMILES string of the molecule is N#Cc1ccnc(NC2CCN(Cc3ccc(-n4c(-c5cccnc5N)nc5ccc(-c6ccccc6F)nc54)cc3)CC2)n1. The molecule has 4 aromatic heterocycles. The van der Waals surface area contributed by atoms with Crippen molar-refractivity contribution in [3.63, 3.8) is 0 Å². The molecule has 0 saturated carbocycles. The average molecular weight is 597 g/mol. The molecule has 0 bridgehead atoms. The van der Waals surface area contributed by atoms with Gasteiger partial charge in [-0.25, -0.2) is 29.3 Å². The second-order valence-electron chi connectivity index (χ2n) is 11.0. The van der Waals surface area contributed by atoms with Crippen LogP contribution in [0.3, 0.4) is 0 Å². The number of hydrogen-bond donors (Lipinski definition) is 2. The number of nitrogens with zero attached hydrogens (tertiary/aromatic N) is 8. The number of hydrogen-bond acceptors (Lipinski definition) is 9. The predicted molar refractivity (Wildman–Crippen MR) is 171 cm³/mol. The number of aromatic nitrogens is 6. The Balaban J connectivity index is 1.14. The van der Waals surface area contributed by atoms with Crippen LogP contribution in [-0.4, -0.2) is 53.5 Å². The molecular weight excluding hydrogens is 567 g/mol. The first-order valence-electron chi connectivity index (χ1n) is 14.7. The molecule has 6 aromatic rings. The van der Waals surface area contributed by atoms with Gasteiger partial charge in [0.05, 0.1) is 11.3 Å². The number of anilines is 2. The number of nitrogen functional groups attached to an aromatic ring is 1. The van der Waals surface area contributed by atoms with Gasteiger partial charge in [0.2, 0.25) is 5.95 Å². The summed E-state index contributed by atoms with van der Waals surface area (Å²) in [5.74, 6) is 1.14. The maximum atomic E-state index is 14.7. The highest BCUT2D eigenvalue weighted by molar-refractivity contribution is 5.84. The fraction of sp³-hybridized carbons (Fsp3) is 0.176. The molecule has 7 rings (SSSR count). The highest BCUT2D eigenvalue weighted by atomic mass is 19.1. The number of imidazole rings is 1. The summed E-state index contributed by atoms with van der Waals surface area (Å²) in [6.45, 7) is 2.67. The van der Waals surface area contributed by atoms with Crippen LogP contribution in [0.2, 0.25) is 0 Å². The zero-order valence-electron chi connectivity index (χ0n) is 24.3. The van der Waals surface area contributed by atoms with Crippen LogP contribution < -0.4 is 11.1 Å². The molecule has 0 unspecified atom stereocenters. The summed E-state index contributed by atoms with van der Waals surface area (Å²) in [5.41, 5.74) is 11.6. The molecule has 1 aliphatic rings. The average Bonchev–Trinajstić information content (AvgIpc) is 3.45.